The summed E-state index contributed by atoms with van der Waals surface area (Å²) in [4.78, 5) is 0. The van der Waals surface area contributed by atoms with E-state index in [1.54, 1.807) is 24.3 Å². The Morgan fingerprint density at radius 1 is 1.11 bits per heavy atom. The van der Waals surface area contributed by atoms with Gasteiger partial charge in [-0.1, -0.05) is 17.7 Å². The van der Waals surface area contributed by atoms with Crippen molar-refractivity contribution in [3.8, 4) is 5.75 Å². The van der Waals surface area contributed by atoms with Crippen LogP contribution in [0.3, 0.4) is 0 Å². The molecule has 0 aromatic heterocycles. The largest absolute Gasteiger partial charge is 0.459 e. The predicted molar refractivity (Wildman–Crippen MR) is 67.5 cm³/mol. The number of ether oxygens (including phenoxy) is 2. The number of aliphatic hydroxyl groups excluding tert-OH is 3. The zero-order chi connectivity index (χ0) is 14.4. The lowest BCUT2D eigenvalue weighted by Crippen LogP contribution is -2.42. The molecule has 19 heavy (non-hydrogen) atoms. The molecule has 108 valence electrons. The van der Waals surface area contributed by atoms with Crippen molar-refractivity contribution in [3.05, 3.63) is 29.8 Å². The lowest BCUT2D eigenvalue weighted by Gasteiger charge is -2.26. The molecule has 0 aliphatic heterocycles. The van der Waals surface area contributed by atoms with Gasteiger partial charge in [-0.3, -0.25) is 0 Å². The second-order valence-electron chi connectivity index (χ2n) is 4.31. The Morgan fingerprint density at radius 3 is 2.11 bits per heavy atom. The Kier molecular flexibility index (Phi) is 6.20. The van der Waals surface area contributed by atoms with Crippen LogP contribution in [0.4, 0.5) is 0 Å². The summed E-state index contributed by atoms with van der Waals surface area (Å²) in [5.74, 6) is 0.394. The van der Waals surface area contributed by atoms with Crippen LogP contribution in [0.5, 0.6) is 5.75 Å². The van der Waals surface area contributed by atoms with Gasteiger partial charge in [-0.05, 0) is 26.0 Å². The van der Waals surface area contributed by atoms with Gasteiger partial charge in [-0.2, -0.15) is 0 Å². The van der Waals surface area contributed by atoms with Crippen molar-refractivity contribution in [2.24, 2.45) is 0 Å². The summed E-state index contributed by atoms with van der Waals surface area (Å²) in [7, 11) is 0. The van der Waals surface area contributed by atoms with Crippen LogP contribution in [0, 0.1) is 6.92 Å². The third kappa shape index (κ3) is 5.14. The highest BCUT2D eigenvalue weighted by Gasteiger charge is 2.26. The van der Waals surface area contributed by atoms with Crippen LogP contribution in [-0.4, -0.2) is 51.8 Å². The fourth-order valence-corrected chi connectivity index (χ4v) is 1.39. The SMILES string of the molecule is Cc1ccc(OC(OC(CO)C(C)O)C(O)O)cc1. The van der Waals surface area contributed by atoms with E-state index in [1.807, 2.05) is 6.92 Å². The van der Waals surface area contributed by atoms with E-state index in [4.69, 9.17) is 14.6 Å². The van der Waals surface area contributed by atoms with Gasteiger partial charge in [0.15, 0.2) is 0 Å². The monoisotopic (exact) mass is 272 g/mol. The third-order valence-electron chi connectivity index (χ3n) is 2.54. The fraction of sp³-hybridized carbons (Fsp3) is 0.538. The Bertz CT molecular complexity index is 362. The topological polar surface area (TPSA) is 99.4 Å². The summed E-state index contributed by atoms with van der Waals surface area (Å²) in [5, 5.41) is 36.8. The van der Waals surface area contributed by atoms with E-state index in [9.17, 15) is 15.3 Å². The van der Waals surface area contributed by atoms with Crippen LogP contribution in [0.1, 0.15) is 12.5 Å². The Morgan fingerprint density at radius 2 is 1.68 bits per heavy atom. The van der Waals surface area contributed by atoms with Crippen LogP contribution < -0.4 is 4.74 Å². The van der Waals surface area contributed by atoms with Crippen LogP contribution >= 0.6 is 0 Å². The molecule has 0 saturated carbocycles. The highest BCUT2D eigenvalue weighted by Crippen LogP contribution is 2.16. The summed E-state index contributed by atoms with van der Waals surface area (Å²) < 4.78 is 10.4. The minimum atomic E-state index is -1.89. The molecule has 6 nitrogen and oxygen atoms in total. The van der Waals surface area contributed by atoms with E-state index in [-0.39, 0.29) is 0 Å². The van der Waals surface area contributed by atoms with Crippen LogP contribution in [-0.2, 0) is 4.74 Å². The van der Waals surface area contributed by atoms with Crippen molar-refractivity contribution < 1.29 is 29.9 Å². The zero-order valence-corrected chi connectivity index (χ0v) is 10.9. The molecule has 0 fully saturated rings. The number of hydrogen-bond donors (Lipinski definition) is 4. The number of aryl methyl sites for hydroxylation is 1. The number of rotatable bonds is 7. The molecular formula is C13H20O6. The molecule has 0 radical (unpaired) electrons. The second kappa shape index (κ2) is 7.42. The van der Waals surface area contributed by atoms with Gasteiger partial charge in [0.2, 0.25) is 6.29 Å². The molecule has 1 rings (SSSR count). The second-order valence-corrected chi connectivity index (χ2v) is 4.31. The fourth-order valence-electron chi connectivity index (χ4n) is 1.39. The van der Waals surface area contributed by atoms with E-state index in [1.165, 1.54) is 6.92 Å². The minimum absolute atomic E-state index is 0.394. The zero-order valence-electron chi connectivity index (χ0n) is 10.9. The summed E-state index contributed by atoms with van der Waals surface area (Å²) in [6, 6.07) is 6.91. The number of hydrogen-bond acceptors (Lipinski definition) is 6. The summed E-state index contributed by atoms with van der Waals surface area (Å²) in [5.41, 5.74) is 1.03. The molecule has 0 aliphatic rings. The first kappa shape index (κ1) is 15.9. The smallest absolute Gasteiger partial charge is 0.251 e. The molecule has 1 aromatic carbocycles. The molecule has 0 bridgehead atoms. The Labute approximate surface area is 111 Å². The third-order valence-corrected chi connectivity index (χ3v) is 2.54. The predicted octanol–water partition coefficient (Wildman–Crippen LogP) is -0.231. The first-order chi connectivity index (χ1) is 8.93. The van der Waals surface area contributed by atoms with E-state index in [0.717, 1.165) is 5.56 Å². The maximum absolute atomic E-state index is 9.34. The van der Waals surface area contributed by atoms with Gasteiger partial charge >= 0.3 is 0 Å². The van der Waals surface area contributed by atoms with Gasteiger partial charge in [0.1, 0.15) is 11.9 Å². The van der Waals surface area contributed by atoms with Gasteiger partial charge in [-0.15, -0.1) is 0 Å². The van der Waals surface area contributed by atoms with Crippen LogP contribution in [0.2, 0.25) is 0 Å². The molecule has 6 heteroatoms. The number of aliphatic hydroxyl groups is 4. The van der Waals surface area contributed by atoms with Gasteiger partial charge < -0.3 is 29.9 Å². The average Bonchev–Trinajstić information content (AvgIpc) is 2.36. The molecule has 0 saturated heterocycles. The minimum Gasteiger partial charge on any atom is -0.459 e. The van der Waals surface area contributed by atoms with Crippen molar-refractivity contribution in [1.29, 1.82) is 0 Å². The van der Waals surface area contributed by atoms with E-state index >= 15 is 0 Å². The Balaban J connectivity index is 2.70. The standard InChI is InChI=1S/C13H20O6/c1-8-3-5-10(6-4-8)18-13(12(16)17)19-11(7-14)9(2)15/h3-6,9,11-17H,7H2,1-2H3. The Hall–Kier alpha value is -1.18. The van der Waals surface area contributed by atoms with Crippen molar-refractivity contribution in [2.75, 3.05) is 6.61 Å². The van der Waals surface area contributed by atoms with Gasteiger partial charge in [0.05, 0.1) is 12.7 Å². The average molecular weight is 272 g/mol. The van der Waals surface area contributed by atoms with E-state index < -0.39 is 31.4 Å². The molecule has 0 aliphatic carbocycles. The summed E-state index contributed by atoms with van der Waals surface area (Å²) >= 11 is 0. The van der Waals surface area contributed by atoms with Gasteiger partial charge in [0.25, 0.3) is 6.29 Å². The highest BCUT2D eigenvalue weighted by molar-refractivity contribution is 5.26. The molecule has 4 N–H and O–H groups in total. The lowest BCUT2D eigenvalue weighted by atomic mass is 10.2. The van der Waals surface area contributed by atoms with Crippen LogP contribution in [0.25, 0.3) is 0 Å². The number of benzene rings is 1. The van der Waals surface area contributed by atoms with E-state index in [0.29, 0.717) is 5.75 Å². The quantitative estimate of drug-likeness (QED) is 0.512. The molecule has 3 unspecified atom stereocenters. The molecule has 0 amide bonds. The van der Waals surface area contributed by atoms with Gasteiger partial charge in [0, 0.05) is 0 Å². The first-order valence-corrected chi connectivity index (χ1v) is 5.98. The molecule has 1 aromatic rings. The maximum Gasteiger partial charge on any atom is 0.251 e. The normalized spacial score (nSPS) is 16.2. The lowest BCUT2D eigenvalue weighted by molar-refractivity contribution is -0.250. The van der Waals surface area contributed by atoms with E-state index in [2.05, 4.69) is 0 Å². The van der Waals surface area contributed by atoms with Crippen molar-refractivity contribution in [1.82, 2.24) is 0 Å². The summed E-state index contributed by atoms with van der Waals surface area (Å²) in [6.45, 7) is 2.87. The maximum atomic E-state index is 9.34. The molecule has 0 spiro atoms. The highest BCUT2D eigenvalue weighted by atomic mass is 16.7. The summed E-state index contributed by atoms with van der Waals surface area (Å²) in [6.07, 6.45) is -5.21. The molecular weight excluding hydrogens is 252 g/mol. The van der Waals surface area contributed by atoms with Gasteiger partial charge in [-0.25, -0.2) is 0 Å². The van der Waals surface area contributed by atoms with Crippen molar-refractivity contribution >= 4 is 0 Å². The first-order valence-electron chi connectivity index (χ1n) is 5.98. The van der Waals surface area contributed by atoms with Crippen molar-refractivity contribution in [3.63, 3.8) is 0 Å². The molecule has 3 atom stereocenters. The molecule has 0 heterocycles. The van der Waals surface area contributed by atoms with Crippen LogP contribution in [0.15, 0.2) is 24.3 Å². The van der Waals surface area contributed by atoms with Crippen molar-refractivity contribution in [2.45, 2.75) is 38.6 Å².